The molecule has 0 spiro atoms. The molecule has 3 rings (SSSR count). The van der Waals surface area contributed by atoms with Crippen molar-refractivity contribution in [2.75, 3.05) is 13.7 Å². The van der Waals surface area contributed by atoms with Gasteiger partial charge in [-0.05, 0) is 55.7 Å². The molecule has 5 nitrogen and oxygen atoms in total. The summed E-state index contributed by atoms with van der Waals surface area (Å²) in [6, 6.07) is 11.9. The number of rotatable bonds is 8. The van der Waals surface area contributed by atoms with Gasteiger partial charge in [0.2, 0.25) is 0 Å². The molecule has 1 fully saturated rings. The molecule has 4 atom stereocenters. The lowest BCUT2D eigenvalue weighted by Gasteiger charge is -2.43. The van der Waals surface area contributed by atoms with Crippen LogP contribution < -0.4 is 9.47 Å². The second kappa shape index (κ2) is 9.96. The van der Waals surface area contributed by atoms with Crippen molar-refractivity contribution in [1.82, 2.24) is 0 Å². The number of methoxy groups -OCH3 is 1. The lowest BCUT2D eigenvalue weighted by molar-refractivity contribution is -0.139. The van der Waals surface area contributed by atoms with E-state index in [1.165, 1.54) is 12.1 Å². The SMILES string of the molecule is C=C(C)[C@H]1C[C@H](c2ccc(F)cc2)[C@H](CC)O[C@@H]1c1cc(OC)ccc1OCC(=O)O. The third kappa shape index (κ3) is 5.25. The van der Waals surface area contributed by atoms with Crippen molar-refractivity contribution in [3.63, 3.8) is 0 Å². The van der Waals surface area contributed by atoms with Crippen molar-refractivity contribution in [2.45, 2.75) is 44.8 Å². The molecule has 0 aromatic heterocycles. The quantitative estimate of drug-likeness (QED) is 0.562. The first-order valence-corrected chi connectivity index (χ1v) is 10.4. The van der Waals surface area contributed by atoms with E-state index in [0.717, 1.165) is 29.5 Å². The molecular formula is C25H29FO5. The lowest BCUT2D eigenvalue weighted by Crippen LogP contribution is -2.36. The molecule has 1 aliphatic heterocycles. The Labute approximate surface area is 182 Å². The van der Waals surface area contributed by atoms with Crippen LogP contribution in [0.4, 0.5) is 4.39 Å². The number of benzene rings is 2. The maximum Gasteiger partial charge on any atom is 0.341 e. The van der Waals surface area contributed by atoms with Crippen molar-refractivity contribution in [3.8, 4) is 11.5 Å². The van der Waals surface area contributed by atoms with Crippen molar-refractivity contribution in [2.24, 2.45) is 5.92 Å². The third-order valence-corrected chi connectivity index (χ3v) is 5.85. The van der Waals surface area contributed by atoms with Gasteiger partial charge in [-0.15, -0.1) is 0 Å². The number of halogens is 1. The minimum Gasteiger partial charge on any atom is -0.497 e. The van der Waals surface area contributed by atoms with Crippen LogP contribution in [-0.4, -0.2) is 30.9 Å². The highest BCUT2D eigenvalue weighted by atomic mass is 19.1. The third-order valence-electron chi connectivity index (χ3n) is 5.85. The van der Waals surface area contributed by atoms with Gasteiger partial charge in [0.15, 0.2) is 6.61 Å². The van der Waals surface area contributed by atoms with Crippen LogP contribution in [0.2, 0.25) is 0 Å². The first kappa shape index (κ1) is 22.8. The van der Waals surface area contributed by atoms with Crippen molar-refractivity contribution >= 4 is 5.97 Å². The summed E-state index contributed by atoms with van der Waals surface area (Å²) in [5, 5.41) is 9.06. The highest BCUT2D eigenvalue weighted by Gasteiger charge is 2.40. The fourth-order valence-corrected chi connectivity index (χ4v) is 4.26. The summed E-state index contributed by atoms with van der Waals surface area (Å²) in [7, 11) is 1.58. The van der Waals surface area contributed by atoms with Crippen LogP contribution in [0.5, 0.6) is 11.5 Å². The van der Waals surface area contributed by atoms with Crippen LogP contribution >= 0.6 is 0 Å². The summed E-state index contributed by atoms with van der Waals surface area (Å²) in [4.78, 5) is 11.1. The molecule has 1 N–H and O–H groups in total. The molecule has 2 aromatic rings. The zero-order chi connectivity index (χ0) is 22.5. The van der Waals surface area contributed by atoms with Gasteiger partial charge in [0.1, 0.15) is 17.3 Å². The van der Waals surface area contributed by atoms with Crippen LogP contribution in [-0.2, 0) is 9.53 Å². The molecule has 0 radical (unpaired) electrons. The van der Waals surface area contributed by atoms with Crippen LogP contribution in [0.15, 0.2) is 54.6 Å². The molecule has 6 heteroatoms. The molecule has 1 aliphatic rings. The summed E-state index contributed by atoms with van der Waals surface area (Å²) in [6.07, 6.45) is 1.10. The Hall–Kier alpha value is -2.86. The van der Waals surface area contributed by atoms with Gasteiger partial charge in [-0.25, -0.2) is 9.18 Å². The summed E-state index contributed by atoms with van der Waals surface area (Å²) >= 11 is 0. The predicted molar refractivity (Wildman–Crippen MR) is 116 cm³/mol. The predicted octanol–water partition coefficient (Wildman–Crippen LogP) is 5.51. The van der Waals surface area contributed by atoms with Gasteiger partial charge in [-0.1, -0.05) is 31.2 Å². The molecule has 0 amide bonds. The number of hydrogen-bond donors (Lipinski definition) is 1. The first-order chi connectivity index (χ1) is 14.8. The molecule has 1 saturated heterocycles. The number of hydrogen-bond acceptors (Lipinski definition) is 4. The number of carboxylic acids is 1. The fraction of sp³-hybridized carbons (Fsp3) is 0.400. The van der Waals surface area contributed by atoms with Crippen molar-refractivity contribution < 1.29 is 28.5 Å². The maximum atomic E-state index is 13.5. The van der Waals surface area contributed by atoms with Gasteiger partial charge in [-0.3, -0.25) is 0 Å². The standard InChI is InChI=1S/C25H29FO5/c1-5-22-20(16-6-8-17(26)9-7-16)13-19(15(2)3)25(31-22)21-12-18(29-4)10-11-23(21)30-14-24(27)28/h6-12,19-20,22,25H,2,5,13-14H2,1,3-4H3,(H,27,28)/t19-,20-,22+,25+/m1/s1. The largest absolute Gasteiger partial charge is 0.497 e. The number of aliphatic carboxylic acids is 1. The molecular weight excluding hydrogens is 399 g/mol. The van der Waals surface area contributed by atoms with E-state index in [0.29, 0.717) is 11.5 Å². The van der Waals surface area contributed by atoms with E-state index in [2.05, 4.69) is 13.5 Å². The molecule has 31 heavy (non-hydrogen) atoms. The van der Waals surface area contributed by atoms with E-state index >= 15 is 0 Å². The highest BCUT2D eigenvalue weighted by Crippen LogP contribution is 2.49. The second-order valence-corrected chi connectivity index (χ2v) is 7.94. The zero-order valence-corrected chi connectivity index (χ0v) is 18.1. The topological polar surface area (TPSA) is 65.0 Å². The van der Waals surface area contributed by atoms with Crippen molar-refractivity contribution in [1.29, 1.82) is 0 Å². The van der Waals surface area contributed by atoms with Gasteiger partial charge >= 0.3 is 5.97 Å². The summed E-state index contributed by atoms with van der Waals surface area (Å²) in [5.74, 6) is -0.162. The highest BCUT2D eigenvalue weighted by molar-refractivity contribution is 5.68. The number of ether oxygens (including phenoxy) is 3. The van der Waals surface area contributed by atoms with Gasteiger partial charge in [0.05, 0.1) is 19.3 Å². The van der Waals surface area contributed by atoms with Crippen molar-refractivity contribution in [3.05, 3.63) is 71.6 Å². The van der Waals surface area contributed by atoms with Gasteiger partial charge < -0.3 is 19.3 Å². The molecule has 0 bridgehead atoms. The normalized spacial score (nSPS) is 23.2. The molecule has 0 saturated carbocycles. The van der Waals surface area contributed by atoms with Crippen LogP contribution in [0.3, 0.4) is 0 Å². The maximum absolute atomic E-state index is 13.5. The lowest BCUT2D eigenvalue weighted by atomic mass is 9.75. The minimum atomic E-state index is -1.05. The van der Waals surface area contributed by atoms with Gasteiger partial charge in [0, 0.05) is 17.4 Å². The monoisotopic (exact) mass is 428 g/mol. The van der Waals surface area contributed by atoms with E-state index in [1.54, 1.807) is 19.2 Å². The molecule has 0 aliphatic carbocycles. The van der Waals surface area contributed by atoms with E-state index in [9.17, 15) is 9.18 Å². The van der Waals surface area contributed by atoms with E-state index < -0.39 is 12.6 Å². The van der Waals surface area contributed by atoms with E-state index in [-0.39, 0.29) is 29.9 Å². The summed E-state index contributed by atoms with van der Waals surface area (Å²) in [5.41, 5.74) is 2.73. The smallest absolute Gasteiger partial charge is 0.341 e. The Bertz CT molecular complexity index is 924. The van der Waals surface area contributed by atoms with Gasteiger partial charge in [-0.2, -0.15) is 0 Å². The summed E-state index contributed by atoms with van der Waals surface area (Å²) < 4.78 is 31.0. The average molecular weight is 429 g/mol. The number of carbonyl (C=O) groups is 1. The van der Waals surface area contributed by atoms with E-state index in [4.69, 9.17) is 19.3 Å². The average Bonchev–Trinajstić information content (AvgIpc) is 2.77. The Morgan fingerprint density at radius 3 is 2.55 bits per heavy atom. The second-order valence-electron chi connectivity index (χ2n) is 7.94. The minimum absolute atomic E-state index is 0.0304. The Kier molecular flexibility index (Phi) is 7.33. The molecule has 2 aromatic carbocycles. The zero-order valence-electron chi connectivity index (χ0n) is 18.1. The van der Waals surface area contributed by atoms with Crippen LogP contribution in [0, 0.1) is 11.7 Å². The summed E-state index contributed by atoms with van der Waals surface area (Å²) in [6.45, 7) is 7.77. The van der Waals surface area contributed by atoms with Gasteiger partial charge in [0.25, 0.3) is 0 Å². The van der Waals surface area contributed by atoms with E-state index in [1.807, 2.05) is 25.1 Å². The molecule has 1 heterocycles. The molecule has 0 unspecified atom stereocenters. The first-order valence-electron chi connectivity index (χ1n) is 10.4. The van der Waals surface area contributed by atoms with Crippen LogP contribution in [0.1, 0.15) is 49.8 Å². The van der Waals surface area contributed by atoms with Crippen LogP contribution in [0.25, 0.3) is 0 Å². The Morgan fingerprint density at radius 1 is 1.26 bits per heavy atom. The Balaban J connectivity index is 1.99. The number of carboxylic acid groups (broad SMARTS) is 1. The molecule has 166 valence electrons. The Morgan fingerprint density at radius 2 is 1.97 bits per heavy atom. The fourth-order valence-electron chi connectivity index (χ4n) is 4.26.